The topological polar surface area (TPSA) is 68.3 Å². The van der Waals surface area contributed by atoms with Gasteiger partial charge in [-0.05, 0) is 37.1 Å². The molecule has 0 aliphatic rings. The monoisotopic (exact) mass is 298 g/mol. The first-order valence-corrected chi connectivity index (χ1v) is 7.07. The third-order valence-electron chi connectivity index (χ3n) is 3.15. The summed E-state index contributed by atoms with van der Waals surface area (Å²) in [6, 6.07) is 10.9. The van der Waals surface area contributed by atoms with Crippen molar-refractivity contribution in [2.75, 3.05) is 11.9 Å². The molecule has 1 aromatic heterocycles. The molecular formula is C17H18N2O3. The Balaban J connectivity index is 1.90. The average molecular weight is 298 g/mol. The molecule has 0 aliphatic heterocycles. The highest BCUT2D eigenvalue weighted by molar-refractivity contribution is 5.95. The average Bonchev–Trinajstić information content (AvgIpc) is 2.54. The molecule has 0 bridgehead atoms. The Morgan fingerprint density at radius 2 is 1.95 bits per heavy atom. The van der Waals surface area contributed by atoms with E-state index in [1.54, 1.807) is 12.1 Å². The number of nitrogens with one attached hydrogen (secondary N) is 1. The molecule has 5 nitrogen and oxygen atoms in total. The maximum Gasteiger partial charge on any atom is 0.340 e. The van der Waals surface area contributed by atoms with E-state index < -0.39 is 5.97 Å². The predicted octanol–water partition coefficient (Wildman–Crippen LogP) is 2.75. The van der Waals surface area contributed by atoms with Gasteiger partial charge in [0.1, 0.15) is 0 Å². The van der Waals surface area contributed by atoms with Crippen molar-refractivity contribution in [3.8, 4) is 0 Å². The number of ether oxygens (including phenoxy) is 1. The van der Waals surface area contributed by atoms with Gasteiger partial charge in [0.15, 0.2) is 6.61 Å². The minimum Gasteiger partial charge on any atom is -0.452 e. The van der Waals surface area contributed by atoms with Crippen molar-refractivity contribution in [2.45, 2.75) is 20.3 Å². The fourth-order valence-electron chi connectivity index (χ4n) is 1.94. The zero-order valence-electron chi connectivity index (χ0n) is 12.6. The minimum atomic E-state index is -0.563. The fraction of sp³-hybridized carbons (Fsp3) is 0.235. The lowest BCUT2D eigenvalue weighted by Gasteiger charge is -2.10. The maximum absolute atomic E-state index is 11.9. The molecule has 0 saturated heterocycles. The summed E-state index contributed by atoms with van der Waals surface area (Å²) >= 11 is 0. The third kappa shape index (κ3) is 4.15. The van der Waals surface area contributed by atoms with Crippen molar-refractivity contribution < 1.29 is 14.3 Å². The van der Waals surface area contributed by atoms with Crippen LogP contribution in [-0.4, -0.2) is 23.5 Å². The first-order valence-electron chi connectivity index (χ1n) is 7.07. The lowest BCUT2D eigenvalue weighted by Crippen LogP contribution is -2.21. The standard InChI is InChI=1S/C17H18N2O3/c1-3-13-6-4-5-7-15(13)19-16(20)11-22-17(21)14-9-8-12(2)18-10-14/h4-10H,3,11H2,1-2H3,(H,19,20). The minimum absolute atomic E-state index is 0.326. The van der Waals surface area contributed by atoms with E-state index >= 15 is 0 Å². The van der Waals surface area contributed by atoms with E-state index in [1.165, 1.54) is 6.20 Å². The van der Waals surface area contributed by atoms with Gasteiger partial charge in [0.2, 0.25) is 0 Å². The van der Waals surface area contributed by atoms with E-state index in [1.807, 2.05) is 38.1 Å². The van der Waals surface area contributed by atoms with Gasteiger partial charge in [0, 0.05) is 17.6 Å². The van der Waals surface area contributed by atoms with Crippen LogP contribution in [0.3, 0.4) is 0 Å². The molecule has 0 saturated carbocycles. The van der Waals surface area contributed by atoms with Gasteiger partial charge < -0.3 is 10.1 Å². The molecule has 1 amide bonds. The summed E-state index contributed by atoms with van der Waals surface area (Å²) in [6.45, 7) is 3.51. The molecule has 1 aromatic carbocycles. The number of aryl methyl sites for hydroxylation is 2. The van der Waals surface area contributed by atoms with Crippen LogP contribution in [0.15, 0.2) is 42.6 Å². The first-order chi connectivity index (χ1) is 10.6. The van der Waals surface area contributed by atoms with Gasteiger partial charge in [-0.15, -0.1) is 0 Å². The van der Waals surface area contributed by atoms with Crippen LogP contribution in [0.1, 0.15) is 28.5 Å². The second-order valence-corrected chi connectivity index (χ2v) is 4.82. The van der Waals surface area contributed by atoms with Crippen LogP contribution in [-0.2, 0) is 16.0 Å². The summed E-state index contributed by atoms with van der Waals surface area (Å²) in [6.07, 6.45) is 2.24. The largest absolute Gasteiger partial charge is 0.452 e. The van der Waals surface area contributed by atoms with Crippen molar-refractivity contribution in [1.29, 1.82) is 0 Å². The first kappa shape index (κ1) is 15.7. The molecule has 1 N–H and O–H groups in total. The maximum atomic E-state index is 11.9. The zero-order chi connectivity index (χ0) is 15.9. The SMILES string of the molecule is CCc1ccccc1NC(=O)COC(=O)c1ccc(C)nc1. The van der Waals surface area contributed by atoms with Crippen LogP contribution in [0.25, 0.3) is 0 Å². The van der Waals surface area contributed by atoms with Crippen LogP contribution < -0.4 is 5.32 Å². The summed E-state index contributed by atoms with van der Waals surface area (Å²) in [5.74, 6) is -0.930. The lowest BCUT2D eigenvalue weighted by molar-refractivity contribution is -0.119. The van der Waals surface area contributed by atoms with Gasteiger partial charge in [0.25, 0.3) is 5.91 Å². The number of benzene rings is 1. The second-order valence-electron chi connectivity index (χ2n) is 4.82. The van der Waals surface area contributed by atoms with E-state index in [4.69, 9.17) is 4.74 Å². The van der Waals surface area contributed by atoms with Crippen LogP contribution in [0, 0.1) is 6.92 Å². The van der Waals surface area contributed by atoms with Crippen molar-refractivity contribution in [1.82, 2.24) is 4.98 Å². The van der Waals surface area contributed by atoms with E-state index in [0.717, 1.165) is 23.4 Å². The van der Waals surface area contributed by atoms with E-state index in [0.29, 0.717) is 5.56 Å². The van der Waals surface area contributed by atoms with Gasteiger partial charge in [-0.25, -0.2) is 4.79 Å². The highest BCUT2D eigenvalue weighted by Gasteiger charge is 2.11. The Kier molecular flexibility index (Phi) is 5.25. The third-order valence-corrected chi connectivity index (χ3v) is 3.15. The fourth-order valence-corrected chi connectivity index (χ4v) is 1.94. The molecule has 22 heavy (non-hydrogen) atoms. The number of carbonyl (C=O) groups excluding carboxylic acids is 2. The van der Waals surface area contributed by atoms with Crippen LogP contribution in [0.4, 0.5) is 5.69 Å². The summed E-state index contributed by atoms with van der Waals surface area (Å²) in [5, 5.41) is 2.75. The van der Waals surface area contributed by atoms with Gasteiger partial charge in [-0.2, -0.15) is 0 Å². The molecule has 1 heterocycles. The number of anilines is 1. The molecule has 0 fully saturated rings. The smallest absolute Gasteiger partial charge is 0.340 e. The number of hydrogen-bond donors (Lipinski definition) is 1. The Morgan fingerprint density at radius 3 is 2.64 bits per heavy atom. The molecule has 2 aromatic rings. The predicted molar refractivity (Wildman–Crippen MR) is 83.7 cm³/mol. The number of para-hydroxylation sites is 1. The van der Waals surface area contributed by atoms with Gasteiger partial charge in [0.05, 0.1) is 5.56 Å². The molecule has 0 atom stereocenters. The Hall–Kier alpha value is -2.69. The normalized spacial score (nSPS) is 10.1. The van der Waals surface area contributed by atoms with Crippen molar-refractivity contribution in [2.24, 2.45) is 0 Å². The number of carbonyl (C=O) groups is 2. The van der Waals surface area contributed by atoms with Gasteiger partial charge in [-0.1, -0.05) is 25.1 Å². The van der Waals surface area contributed by atoms with Gasteiger partial charge >= 0.3 is 5.97 Å². The molecule has 0 unspecified atom stereocenters. The van der Waals surface area contributed by atoms with Crippen molar-refractivity contribution in [3.05, 3.63) is 59.4 Å². The van der Waals surface area contributed by atoms with E-state index in [2.05, 4.69) is 10.3 Å². The van der Waals surface area contributed by atoms with Crippen molar-refractivity contribution >= 4 is 17.6 Å². The summed E-state index contributed by atoms with van der Waals surface area (Å²) in [4.78, 5) is 27.7. The van der Waals surface area contributed by atoms with Crippen LogP contribution >= 0.6 is 0 Å². The van der Waals surface area contributed by atoms with E-state index in [9.17, 15) is 9.59 Å². The van der Waals surface area contributed by atoms with Crippen LogP contribution in [0.5, 0.6) is 0 Å². The number of nitrogens with zero attached hydrogens (tertiary/aromatic N) is 1. The van der Waals surface area contributed by atoms with E-state index in [-0.39, 0.29) is 12.5 Å². The lowest BCUT2D eigenvalue weighted by atomic mass is 10.1. The summed E-state index contributed by atoms with van der Waals surface area (Å²) in [5.41, 5.74) is 2.91. The van der Waals surface area contributed by atoms with Gasteiger partial charge in [-0.3, -0.25) is 9.78 Å². The molecule has 0 aliphatic carbocycles. The highest BCUT2D eigenvalue weighted by atomic mass is 16.5. The number of rotatable bonds is 5. The molecule has 0 spiro atoms. The molecule has 2 rings (SSSR count). The number of esters is 1. The Morgan fingerprint density at radius 1 is 1.18 bits per heavy atom. The molecule has 0 radical (unpaired) electrons. The number of aromatic nitrogens is 1. The molecule has 114 valence electrons. The summed E-state index contributed by atoms with van der Waals surface area (Å²) in [7, 11) is 0. The number of hydrogen-bond acceptors (Lipinski definition) is 4. The zero-order valence-corrected chi connectivity index (χ0v) is 12.6. The Labute approximate surface area is 129 Å². The quantitative estimate of drug-likeness (QED) is 0.862. The van der Waals surface area contributed by atoms with Crippen LogP contribution in [0.2, 0.25) is 0 Å². The number of pyridine rings is 1. The molecular weight excluding hydrogens is 280 g/mol. The van der Waals surface area contributed by atoms with Crippen molar-refractivity contribution in [3.63, 3.8) is 0 Å². The number of amides is 1. The molecule has 5 heteroatoms. The Bertz CT molecular complexity index is 666. The highest BCUT2D eigenvalue weighted by Crippen LogP contribution is 2.15. The summed E-state index contributed by atoms with van der Waals surface area (Å²) < 4.78 is 4.98. The second kappa shape index (κ2) is 7.36.